The highest BCUT2D eigenvalue weighted by Crippen LogP contribution is 2.20. The molecule has 3 rings (SSSR count). The van der Waals surface area contributed by atoms with Gasteiger partial charge in [-0.05, 0) is 50.2 Å². The standard InChI is InChI=1S/C15H19N5/c1-20(13-6-10-17-11-7-13)15-3-2-14(18-19-15)12-4-8-16-9-5-12/h2-5,8-9,13,17H,6-7,10-11H2,1H3. The summed E-state index contributed by atoms with van der Waals surface area (Å²) in [5, 5.41) is 12.1. The molecule has 0 radical (unpaired) electrons. The van der Waals surface area contributed by atoms with Gasteiger partial charge >= 0.3 is 0 Å². The number of anilines is 1. The molecule has 5 nitrogen and oxygen atoms in total. The number of nitrogens with zero attached hydrogens (tertiary/aromatic N) is 4. The Hall–Kier alpha value is -2.01. The molecule has 0 amide bonds. The lowest BCUT2D eigenvalue weighted by Gasteiger charge is -2.32. The van der Waals surface area contributed by atoms with Gasteiger partial charge in [0.1, 0.15) is 0 Å². The summed E-state index contributed by atoms with van der Waals surface area (Å²) < 4.78 is 0. The quantitative estimate of drug-likeness (QED) is 0.919. The van der Waals surface area contributed by atoms with E-state index in [-0.39, 0.29) is 0 Å². The van der Waals surface area contributed by atoms with Gasteiger partial charge in [0.2, 0.25) is 0 Å². The molecule has 0 saturated carbocycles. The van der Waals surface area contributed by atoms with E-state index in [0.29, 0.717) is 6.04 Å². The van der Waals surface area contributed by atoms with Crippen molar-refractivity contribution in [2.24, 2.45) is 0 Å². The topological polar surface area (TPSA) is 53.9 Å². The van der Waals surface area contributed by atoms with Crippen LogP contribution in [-0.4, -0.2) is 41.4 Å². The highest BCUT2D eigenvalue weighted by Gasteiger charge is 2.19. The Balaban J connectivity index is 1.75. The van der Waals surface area contributed by atoms with Crippen molar-refractivity contribution in [3.8, 4) is 11.3 Å². The summed E-state index contributed by atoms with van der Waals surface area (Å²) in [6.45, 7) is 2.16. The zero-order chi connectivity index (χ0) is 13.8. The van der Waals surface area contributed by atoms with Crippen LogP contribution in [0.4, 0.5) is 5.82 Å². The molecule has 1 saturated heterocycles. The lowest BCUT2D eigenvalue weighted by molar-refractivity contribution is 0.441. The summed E-state index contributed by atoms with van der Waals surface area (Å²) in [5.74, 6) is 0.940. The lowest BCUT2D eigenvalue weighted by Crippen LogP contribution is -2.41. The first-order valence-corrected chi connectivity index (χ1v) is 7.02. The summed E-state index contributed by atoms with van der Waals surface area (Å²) >= 11 is 0. The first kappa shape index (κ1) is 13.0. The van der Waals surface area contributed by atoms with E-state index >= 15 is 0 Å². The SMILES string of the molecule is CN(c1ccc(-c2ccncc2)nn1)C1CCNCC1. The predicted molar refractivity (Wildman–Crippen MR) is 79.6 cm³/mol. The molecule has 1 aliphatic rings. The normalized spacial score (nSPS) is 16.1. The predicted octanol–water partition coefficient (Wildman–Crippen LogP) is 1.73. The molecular formula is C15H19N5. The first-order valence-electron chi connectivity index (χ1n) is 7.02. The molecule has 1 fully saturated rings. The van der Waals surface area contributed by atoms with Crippen molar-refractivity contribution < 1.29 is 0 Å². The maximum absolute atomic E-state index is 4.37. The third-order valence-electron chi connectivity index (χ3n) is 3.84. The maximum Gasteiger partial charge on any atom is 0.151 e. The second-order valence-electron chi connectivity index (χ2n) is 5.10. The third kappa shape index (κ3) is 2.77. The molecule has 0 aliphatic carbocycles. The van der Waals surface area contributed by atoms with Crippen LogP contribution in [0.15, 0.2) is 36.7 Å². The molecule has 0 aromatic carbocycles. The van der Waals surface area contributed by atoms with Crippen molar-refractivity contribution >= 4 is 5.82 Å². The van der Waals surface area contributed by atoms with E-state index in [4.69, 9.17) is 0 Å². The second kappa shape index (κ2) is 5.96. The van der Waals surface area contributed by atoms with Gasteiger partial charge in [-0.3, -0.25) is 4.98 Å². The zero-order valence-corrected chi connectivity index (χ0v) is 11.7. The Kier molecular flexibility index (Phi) is 3.87. The Morgan fingerprint density at radius 1 is 1.05 bits per heavy atom. The lowest BCUT2D eigenvalue weighted by atomic mass is 10.1. The Bertz CT molecular complexity index is 534. The Morgan fingerprint density at radius 2 is 1.80 bits per heavy atom. The average Bonchev–Trinajstić information content (AvgIpc) is 2.56. The van der Waals surface area contributed by atoms with Gasteiger partial charge in [-0.15, -0.1) is 10.2 Å². The highest BCUT2D eigenvalue weighted by molar-refractivity contribution is 5.58. The van der Waals surface area contributed by atoms with Gasteiger partial charge in [-0.2, -0.15) is 0 Å². The van der Waals surface area contributed by atoms with Crippen LogP contribution in [0.3, 0.4) is 0 Å². The molecule has 1 aliphatic heterocycles. The Morgan fingerprint density at radius 3 is 2.45 bits per heavy atom. The zero-order valence-electron chi connectivity index (χ0n) is 11.7. The molecule has 3 heterocycles. The molecule has 0 atom stereocenters. The van der Waals surface area contributed by atoms with Crippen LogP contribution in [-0.2, 0) is 0 Å². The number of piperidine rings is 1. The minimum atomic E-state index is 0.553. The molecule has 2 aromatic heterocycles. The summed E-state index contributed by atoms with van der Waals surface area (Å²) in [5.41, 5.74) is 1.93. The van der Waals surface area contributed by atoms with E-state index in [1.807, 2.05) is 24.3 Å². The fourth-order valence-corrected chi connectivity index (χ4v) is 2.57. The average molecular weight is 269 g/mol. The molecule has 0 spiro atoms. The van der Waals surface area contributed by atoms with Crippen molar-refractivity contribution in [3.05, 3.63) is 36.7 Å². The minimum Gasteiger partial charge on any atom is -0.355 e. The fraction of sp³-hybridized carbons (Fsp3) is 0.400. The van der Waals surface area contributed by atoms with Gasteiger partial charge in [0.15, 0.2) is 5.82 Å². The molecule has 5 heteroatoms. The van der Waals surface area contributed by atoms with Gasteiger partial charge in [-0.1, -0.05) is 0 Å². The number of nitrogens with one attached hydrogen (secondary N) is 1. The van der Waals surface area contributed by atoms with Crippen LogP contribution in [0.2, 0.25) is 0 Å². The van der Waals surface area contributed by atoms with E-state index < -0.39 is 0 Å². The third-order valence-corrected chi connectivity index (χ3v) is 3.84. The van der Waals surface area contributed by atoms with Crippen molar-refractivity contribution in [2.45, 2.75) is 18.9 Å². The highest BCUT2D eigenvalue weighted by atomic mass is 15.3. The van der Waals surface area contributed by atoms with Crippen LogP contribution < -0.4 is 10.2 Å². The van der Waals surface area contributed by atoms with Crippen molar-refractivity contribution in [1.82, 2.24) is 20.5 Å². The van der Waals surface area contributed by atoms with E-state index in [9.17, 15) is 0 Å². The number of aromatic nitrogens is 3. The Labute approximate surface area is 119 Å². The van der Waals surface area contributed by atoms with Gasteiger partial charge in [-0.25, -0.2) is 0 Å². The molecule has 20 heavy (non-hydrogen) atoms. The molecule has 2 aromatic rings. The smallest absolute Gasteiger partial charge is 0.151 e. The summed E-state index contributed by atoms with van der Waals surface area (Å²) in [7, 11) is 2.10. The molecular weight excluding hydrogens is 250 g/mol. The number of hydrogen-bond acceptors (Lipinski definition) is 5. The molecule has 1 N–H and O–H groups in total. The molecule has 0 unspecified atom stereocenters. The van der Waals surface area contributed by atoms with Crippen LogP contribution in [0, 0.1) is 0 Å². The van der Waals surface area contributed by atoms with Gasteiger partial charge in [0.05, 0.1) is 5.69 Å². The van der Waals surface area contributed by atoms with E-state index in [1.165, 1.54) is 0 Å². The monoisotopic (exact) mass is 269 g/mol. The second-order valence-corrected chi connectivity index (χ2v) is 5.10. The number of rotatable bonds is 3. The van der Waals surface area contributed by atoms with Gasteiger partial charge in [0.25, 0.3) is 0 Å². The summed E-state index contributed by atoms with van der Waals surface area (Å²) in [4.78, 5) is 6.26. The van der Waals surface area contributed by atoms with Crippen molar-refractivity contribution in [3.63, 3.8) is 0 Å². The first-order chi connectivity index (χ1) is 9.84. The van der Waals surface area contributed by atoms with Crippen LogP contribution >= 0.6 is 0 Å². The largest absolute Gasteiger partial charge is 0.355 e. The van der Waals surface area contributed by atoms with Crippen LogP contribution in [0.25, 0.3) is 11.3 Å². The van der Waals surface area contributed by atoms with Crippen molar-refractivity contribution in [1.29, 1.82) is 0 Å². The molecule has 104 valence electrons. The van der Waals surface area contributed by atoms with Crippen LogP contribution in [0.1, 0.15) is 12.8 Å². The summed E-state index contributed by atoms with van der Waals surface area (Å²) in [6, 6.07) is 8.51. The van der Waals surface area contributed by atoms with Crippen LogP contribution in [0.5, 0.6) is 0 Å². The summed E-state index contributed by atoms with van der Waals surface area (Å²) in [6.07, 6.45) is 5.85. The number of pyridine rings is 1. The fourth-order valence-electron chi connectivity index (χ4n) is 2.57. The number of hydrogen-bond donors (Lipinski definition) is 1. The molecule has 0 bridgehead atoms. The van der Waals surface area contributed by atoms with E-state index in [0.717, 1.165) is 43.0 Å². The van der Waals surface area contributed by atoms with E-state index in [1.54, 1.807) is 12.4 Å². The minimum absolute atomic E-state index is 0.553. The van der Waals surface area contributed by atoms with Gasteiger partial charge < -0.3 is 10.2 Å². The van der Waals surface area contributed by atoms with Crippen molar-refractivity contribution in [2.75, 3.05) is 25.0 Å². The maximum atomic E-state index is 4.37. The van der Waals surface area contributed by atoms with E-state index in [2.05, 4.69) is 32.4 Å². The van der Waals surface area contributed by atoms with Gasteiger partial charge in [0, 0.05) is 31.0 Å².